The molecule has 6 heteroatoms. The van der Waals surface area contributed by atoms with Crippen LogP contribution in [0.3, 0.4) is 0 Å². The summed E-state index contributed by atoms with van der Waals surface area (Å²) in [6.45, 7) is 7.33. The number of rotatable bonds is 3. The number of hydrogen-bond donors (Lipinski definition) is 0. The SMILES string of the molecule is Cc1cc(C(C)(C)N2CN(c3nccs3)c3ccccc32)n(C)n1. The van der Waals surface area contributed by atoms with Crippen LogP contribution < -0.4 is 9.80 Å². The predicted octanol–water partition coefficient (Wildman–Crippen LogP) is 4.04. The topological polar surface area (TPSA) is 37.2 Å². The first kappa shape index (κ1) is 15.2. The highest BCUT2D eigenvalue weighted by Gasteiger charge is 2.39. The van der Waals surface area contributed by atoms with Gasteiger partial charge in [-0.1, -0.05) is 12.1 Å². The van der Waals surface area contributed by atoms with Crippen molar-refractivity contribution in [1.82, 2.24) is 14.8 Å². The van der Waals surface area contributed by atoms with E-state index in [2.05, 4.69) is 64.1 Å². The van der Waals surface area contributed by atoms with E-state index in [1.807, 2.05) is 30.2 Å². The van der Waals surface area contributed by atoms with Gasteiger partial charge in [0.2, 0.25) is 0 Å². The number of aromatic nitrogens is 3. The molecular weight excluding hydrogens is 318 g/mol. The largest absolute Gasteiger partial charge is 0.341 e. The van der Waals surface area contributed by atoms with Gasteiger partial charge in [0, 0.05) is 18.6 Å². The Kier molecular flexibility index (Phi) is 3.38. The van der Waals surface area contributed by atoms with Gasteiger partial charge in [-0.2, -0.15) is 5.10 Å². The molecule has 3 aromatic rings. The van der Waals surface area contributed by atoms with Gasteiger partial charge in [-0.05, 0) is 39.0 Å². The highest BCUT2D eigenvalue weighted by molar-refractivity contribution is 7.13. The third-order valence-electron chi connectivity index (χ3n) is 4.70. The third-order valence-corrected chi connectivity index (χ3v) is 5.49. The highest BCUT2D eigenvalue weighted by Crippen LogP contribution is 2.46. The van der Waals surface area contributed by atoms with Crippen LogP contribution in [0.15, 0.2) is 41.9 Å². The maximum atomic E-state index is 4.54. The van der Waals surface area contributed by atoms with Crippen molar-refractivity contribution in [3.05, 3.63) is 53.3 Å². The van der Waals surface area contributed by atoms with E-state index in [0.717, 1.165) is 17.5 Å². The molecule has 0 unspecified atom stereocenters. The first-order valence-corrected chi connectivity index (χ1v) is 8.91. The molecule has 0 atom stereocenters. The van der Waals surface area contributed by atoms with Gasteiger partial charge in [0.25, 0.3) is 0 Å². The molecule has 1 aliphatic rings. The molecule has 1 aromatic carbocycles. The monoisotopic (exact) mass is 339 g/mol. The summed E-state index contributed by atoms with van der Waals surface area (Å²) in [4.78, 5) is 9.22. The number of hydrogen-bond acceptors (Lipinski definition) is 5. The Labute approximate surface area is 146 Å². The molecule has 2 aromatic heterocycles. The second kappa shape index (κ2) is 5.34. The molecule has 4 rings (SSSR count). The molecule has 0 N–H and O–H groups in total. The maximum Gasteiger partial charge on any atom is 0.191 e. The Morgan fingerprint density at radius 1 is 1.17 bits per heavy atom. The lowest BCUT2D eigenvalue weighted by Crippen LogP contribution is -2.44. The fourth-order valence-electron chi connectivity index (χ4n) is 3.53. The van der Waals surface area contributed by atoms with Crippen molar-refractivity contribution in [2.45, 2.75) is 26.3 Å². The summed E-state index contributed by atoms with van der Waals surface area (Å²) in [5.41, 5.74) is 4.51. The minimum Gasteiger partial charge on any atom is -0.341 e. The fourth-order valence-corrected chi connectivity index (χ4v) is 4.18. The number of benzene rings is 1. The van der Waals surface area contributed by atoms with E-state index < -0.39 is 0 Å². The molecule has 0 radical (unpaired) electrons. The molecule has 24 heavy (non-hydrogen) atoms. The van der Waals surface area contributed by atoms with Crippen molar-refractivity contribution in [2.24, 2.45) is 7.05 Å². The zero-order chi connectivity index (χ0) is 16.9. The quantitative estimate of drug-likeness (QED) is 0.722. The van der Waals surface area contributed by atoms with Gasteiger partial charge in [0.1, 0.15) is 0 Å². The van der Waals surface area contributed by atoms with E-state index in [4.69, 9.17) is 0 Å². The van der Waals surface area contributed by atoms with Crippen LogP contribution in [0.4, 0.5) is 16.5 Å². The van der Waals surface area contributed by atoms with Gasteiger partial charge in [-0.15, -0.1) is 11.3 Å². The molecule has 0 saturated carbocycles. The molecule has 0 amide bonds. The number of aryl methyl sites for hydroxylation is 2. The average Bonchev–Trinajstić information content (AvgIpc) is 3.25. The van der Waals surface area contributed by atoms with Crippen LogP contribution in [0.25, 0.3) is 0 Å². The van der Waals surface area contributed by atoms with Gasteiger partial charge < -0.3 is 4.90 Å². The Hall–Kier alpha value is -2.34. The van der Waals surface area contributed by atoms with E-state index in [-0.39, 0.29) is 5.54 Å². The molecule has 0 saturated heterocycles. The van der Waals surface area contributed by atoms with Crippen molar-refractivity contribution in [3.63, 3.8) is 0 Å². The Balaban J connectivity index is 1.80. The maximum absolute atomic E-state index is 4.54. The number of fused-ring (bicyclic) bond motifs is 1. The van der Waals surface area contributed by atoms with Crippen LogP contribution in [-0.4, -0.2) is 21.4 Å². The van der Waals surface area contributed by atoms with Gasteiger partial charge >= 0.3 is 0 Å². The van der Waals surface area contributed by atoms with E-state index in [9.17, 15) is 0 Å². The van der Waals surface area contributed by atoms with E-state index in [0.29, 0.717) is 0 Å². The van der Waals surface area contributed by atoms with E-state index in [1.165, 1.54) is 17.1 Å². The van der Waals surface area contributed by atoms with Gasteiger partial charge in [-0.3, -0.25) is 9.58 Å². The molecule has 0 fully saturated rings. The molecular formula is C18H21N5S. The van der Waals surface area contributed by atoms with Crippen LogP contribution in [0.5, 0.6) is 0 Å². The smallest absolute Gasteiger partial charge is 0.191 e. The normalized spacial score (nSPS) is 14.3. The zero-order valence-electron chi connectivity index (χ0n) is 14.4. The average molecular weight is 339 g/mol. The van der Waals surface area contributed by atoms with Crippen molar-refractivity contribution in [2.75, 3.05) is 16.5 Å². The second-order valence-electron chi connectivity index (χ2n) is 6.65. The molecule has 0 aliphatic carbocycles. The molecule has 5 nitrogen and oxygen atoms in total. The van der Waals surface area contributed by atoms with Crippen LogP contribution in [0.2, 0.25) is 0 Å². The summed E-state index contributed by atoms with van der Waals surface area (Å²) >= 11 is 1.67. The number of anilines is 3. The first-order chi connectivity index (χ1) is 11.5. The van der Waals surface area contributed by atoms with Crippen molar-refractivity contribution in [3.8, 4) is 0 Å². The van der Waals surface area contributed by atoms with Crippen molar-refractivity contribution >= 4 is 27.8 Å². The van der Waals surface area contributed by atoms with Gasteiger partial charge in [0.05, 0.1) is 35.0 Å². The van der Waals surface area contributed by atoms with Crippen LogP contribution in [-0.2, 0) is 12.6 Å². The number of thiazole rings is 1. The van der Waals surface area contributed by atoms with Crippen LogP contribution >= 0.6 is 11.3 Å². The lowest BCUT2D eigenvalue weighted by atomic mass is 9.97. The summed E-state index contributed by atoms with van der Waals surface area (Å²) in [6.07, 6.45) is 1.86. The van der Waals surface area contributed by atoms with Gasteiger partial charge in [-0.25, -0.2) is 4.98 Å². The molecule has 3 heterocycles. The summed E-state index contributed by atoms with van der Waals surface area (Å²) in [7, 11) is 2.02. The Bertz CT molecular complexity index is 865. The second-order valence-corrected chi connectivity index (χ2v) is 7.53. The first-order valence-electron chi connectivity index (χ1n) is 8.03. The Morgan fingerprint density at radius 3 is 2.54 bits per heavy atom. The van der Waals surface area contributed by atoms with Crippen LogP contribution in [0, 0.1) is 6.92 Å². The lowest BCUT2D eigenvalue weighted by molar-refractivity contribution is 0.453. The minimum absolute atomic E-state index is 0.182. The van der Waals surface area contributed by atoms with E-state index >= 15 is 0 Å². The lowest BCUT2D eigenvalue weighted by Gasteiger charge is -2.37. The summed E-state index contributed by atoms with van der Waals surface area (Å²) < 4.78 is 1.99. The predicted molar refractivity (Wildman–Crippen MR) is 99.0 cm³/mol. The molecule has 0 bridgehead atoms. The molecule has 1 aliphatic heterocycles. The number of para-hydroxylation sites is 2. The van der Waals surface area contributed by atoms with Gasteiger partial charge in [0.15, 0.2) is 5.13 Å². The number of nitrogens with zero attached hydrogens (tertiary/aromatic N) is 5. The third kappa shape index (κ3) is 2.21. The summed E-state index contributed by atoms with van der Waals surface area (Å²) in [6, 6.07) is 10.7. The summed E-state index contributed by atoms with van der Waals surface area (Å²) in [5, 5.41) is 7.59. The molecule has 124 valence electrons. The highest BCUT2D eigenvalue weighted by atomic mass is 32.1. The molecule has 0 spiro atoms. The standard InChI is InChI=1S/C18H21N5S/c1-13-11-16(21(4)20-13)18(2,3)23-12-22(17-19-9-10-24-17)14-7-5-6-8-15(14)23/h5-11H,12H2,1-4H3. The Morgan fingerprint density at radius 2 is 1.92 bits per heavy atom. The van der Waals surface area contributed by atoms with Crippen LogP contribution in [0.1, 0.15) is 25.2 Å². The van der Waals surface area contributed by atoms with Crippen molar-refractivity contribution in [1.29, 1.82) is 0 Å². The fraction of sp³-hybridized carbons (Fsp3) is 0.333. The van der Waals surface area contributed by atoms with E-state index in [1.54, 1.807) is 11.3 Å². The van der Waals surface area contributed by atoms with Crippen molar-refractivity contribution < 1.29 is 0 Å². The summed E-state index contributed by atoms with van der Waals surface area (Å²) in [5.74, 6) is 0. The zero-order valence-corrected chi connectivity index (χ0v) is 15.2. The minimum atomic E-state index is -0.182.